The molecule has 0 spiro atoms. The summed E-state index contributed by atoms with van der Waals surface area (Å²) in [5, 5.41) is 0.606. The average Bonchev–Trinajstić information content (AvgIpc) is 2.38. The van der Waals surface area contributed by atoms with E-state index >= 15 is 0 Å². The molecule has 0 bridgehead atoms. The van der Waals surface area contributed by atoms with Gasteiger partial charge in [0, 0.05) is 15.5 Å². The van der Waals surface area contributed by atoms with E-state index in [2.05, 4.69) is 15.9 Å². The fourth-order valence-corrected chi connectivity index (χ4v) is 2.78. The van der Waals surface area contributed by atoms with Crippen molar-refractivity contribution in [2.24, 2.45) is 5.73 Å². The first-order chi connectivity index (χ1) is 9.47. The van der Waals surface area contributed by atoms with Crippen molar-refractivity contribution in [3.8, 4) is 0 Å². The number of rotatable bonds is 4. The minimum absolute atomic E-state index is 0.260. The Morgan fingerprint density at radius 2 is 1.80 bits per heavy atom. The minimum Gasteiger partial charge on any atom is -0.327 e. The van der Waals surface area contributed by atoms with Crippen LogP contribution >= 0.6 is 27.5 Å². The van der Waals surface area contributed by atoms with Crippen molar-refractivity contribution in [1.82, 2.24) is 0 Å². The number of hydrogen-bond acceptors (Lipinski definition) is 1. The van der Waals surface area contributed by atoms with Crippen molar-refractivity contribution in [3.63, 3.8) is 0 Å². The van der Waals surface area contributed by atoms with E-state index < -0.39 is 11.6 Å². The molecule has 0 aliphatic rings. The van der Waals surface area contributed by atoms with Gasteiger partial charge in [-0.3, -0.25) is 0 Å². The van der Waals surface area contributed by atoms with Gasteiger partial charge in [0.2, 0.25) is 0 Å². The summed E-state index contributed by atoms with van der Waals surface area (Å²) in [4.78, 5) is 0. The molecule has 0 amide bonds. The minimum atomic E-state index is -0.851. The predicted molar refractivity (Wildman–Crippen MR) is 80.9 cm³/mol. The lowest BCUT2D eigenvalue weighted by Crippen LogP contribution is -2.26. The zero-order valence-corrected chi connectivity index (χ0v) is 12.9. The van der Waals surface area contributed by atoms with Crippen LogP contribution in [0.3, 0.4) is 0 Å². The normalized spacial score (nSPS) is 12.4. The summed E-state index contributed by atoms with van der Waals surface area (Å²) in [5.41, 5.74) is 7.18. The van der Waals surface area contributed by atoms with Gasteiger partial charge in [0.1, 0.15) is 0 Å². The molecule has 2 N–H and O–H groups in total. The van der Waals surface area contributed by atoms with Crippen molar-refractivity contribution >= 4 is 27.5 Å². The van der Waals surface area contributed by atoms with Gasteiger partial charge < -0.3 is 5.73 Å². The summed E-state index contributed by atoms with van der Waals surface area (Å²) >= 11 is 9.44. The van der Waals surface area contributed by atoms with Gasteiger partial charge in [0.15, 0.2) is 11.6 Å². The van der Waals surface area contributed by atoms with Crippen LogP contribution in [0.2, 0.25) is 5.02 Å². The third kappa shape index (κ3) is 3.78. The van der Waals surface area contributed by atoms with Crippen molar-refractivity contribution in [2.45, 2.75) is 18.9 Å². The van der Waals surface area contributed by atoms with Gasteiger partial charge >= 0.3 is 0 Å². The van der Waals surface area contributed by atoms with Crippen LogP contribution in [0.5, 0.6) is 0 Å². The third-order valence-electron chi connectivity index (χ3n) is 3.01. The summed E-state index contributed by atoms with van der Waals surface area (Å²) < 4.78 is 27.6. The molecule has 0 fully saturated rings. The van der Waals surface area contributed by atoms with Crippen LogP contribution in [0.25, 0.3) is 0 Å². The van der Waals surface area contributed by atoms with Crippen molar-refractivity contribution in [3.05, 3.63) is 68.7 Å². The van der Waals surface area contributed by atoms with E-state index in [1.807, 2.05) is 12.1 Å². The lowest BCUT2D eigenvalue weighted by molar-refractivity contribution is 0.492. The zero-order chi connectivity index (χ0) is 14.7. The second-order valence-electron chi connectivity index (χ2n) is 4.62. The van der Waals surface area contributed by atoms with Crippen LogP contribution in [-0.2, 0) is 12.8 Å². The molecule has 20 heavy (non-hydrogen) atoms. The SMILES string of the molecule is NC(Cc1ccc(Br)cc1Cl)Cc1cccc(F)c1F. The highest BCUT2D eigenvalue weighted by Gasteiger charge is 2.13. The lowest BCUT2D eigenvalue weighted by Gasteiger charge is -2.14. The summed E-state index contributed by atoms with van der Waals surface area (Å²) in [6.07, 6.45) is 0.762. The molecule has 2 aromatic carbocycles. The molecule has 1 atom stereocenters. The van der Waals surface area contributed by atoms with Gasteiger partial charge in [-0.25, -0.2) is 8.78 Å². The molecule has 1 unspecified atom stereocenters. The molecular weight excluding hydrogens is 348 g/mol. The number of nitrogens with two attached hydrogens (primary N) is 1. The highest BCUT2D eigenvalue weighted by Crippen LogP contribution is 2.23. The second-order valence-corrected chi connectivity index (χ2v) is 5.94. The van der Waals surface area contributed by atoms with E-state index in [4.69, 9.17) is 17.3 Å². The fraction of sp³-hybridized carbons (Fsp3) is 0.200. The summed E-state index contributed by atoms with van der Waals surface area (Å²) in [6.45, 7) is 0. The number of halogens is 4. The van der Waals surface area contributed by atoms with Gasteiger partial charge in [-0.05, 0) is 42.2 Å². The van der Waals surface area contributed by atoms with Crippen LogP contribution in [0, 0.1) is 11.6 Å². The van der Waals surface area contributed by atoms with Gasteiger partial charge in [-0.15, -0.1) is 0 Å². The van der Waals surface area contributed by atoms with Crippen molar-refractivity contribution < 1.29 is 8.78 Å². The zero-order valence-electron chi connectivity index (χ0n) is 10.5. The molecule has 0 aliphatic heterocycles. The smallest absolute Gasteiger partial charge is 0.162 e. The average molecular weight is 361 g/mol. The highest BCUT2D eigenvalue weighted by molar-refractivity contribution is 9.10. The number of hydrogen-bond donors (Lipinski definition) is 1. The van der Waals surface area contributed by atoms with Crippen LogP contribution in [0.15, 0.2) is 40.9 Å². The fourth-order valence-electron chi connectivity index (χ4n) is 2.03. The van der Waals surface area contributed by atoms with E-state index in [9.17, 15) is 8.78 Å². The first-order valence-electron chi connectivity index (χ1n) is 6.09. The molecule has 0 saturated heterocycles. The van der Waals surface area contributed by atoms with Gasteiger partial charge in [-0.1, -0.05) is 45.7 Å². The Balaban J connectivity index is 2.09. The van der Waals surface area contributed by atoms with E-state index in [0.29, 0.717) is 11.4 Å². The lowest BCUT2D eigenvalue weighted by atomic mass is 9.99. The Hall–Kier alpha value is -0.970. The molecule has 106 valence electrons. The van der Waals surface area contributed by atoms with E-state index in [1.54, 1.807) is 12.1 Å². The molecule has 0 heterocycles. The van der Waals surface area contributed by atoms with Crippen molar-refractivity contribution in [2.75, 3.05) is 0 Å². The summed E-state index contributed by atoms with van der Waals surface area (Å²) in [6, 6.07) is 9.31. The Morgan fingerprint density at radius 3 is 2.50 bits per heavy atom. The first kappa shape index (κ1) is 15.4. The van der Waals surface area contributed by atoms with Crippen LogP contribution in [-0.4, -0.2) is 6.04 Å². The van der Waals surface area contributed by atoms with Crippen LogP contribution in [0.1, 0.15) is 11.1 Å². The maximum atomic E-state index is 13.6. The maximum Gasteiger partial charge on any atom is 0.162 e. The third-order valence-corrected chi connectivity index (χ3v) is 3.86. The summed E-state index contributed by atoms with van der Waals surface area (Å²) in [7, 11) is 0. The Morgan fingerprint density at radius 1 is 1.10 bits per heavy atom. The van der Waals surface area contributed by atoms with Crippen molar-refractivity contribution in [1.29, 1.82) is 0 Å². The molecule has 0 aliphatic carbocycles. The van der Waals surface area contributed by atoms with E-state index in [1.165, 1.54) is 6.07 Å². The highest BCUT2D eigenvalue weighted by atomic mass is 79.9. The molecule has 0 aromatic heterocycles. The molecule has 0 saturated carbocycles. The molecule has 1 nitrogen and oxygen atoms in total. The molecule has 2 aromatic rings. The monoisotopic (exact) mass is 359 g/mol. The van der Waals surface area contributed by atoms with Gasteiger partial charge in [0.25, 0.3) is 0 Å². The van der Waals surface area contributed by atoms with E-state index in [0.717, 1.165) is 16.1 Å². The summed E-state index contributed by atoms with van der Waals surface area (Å²) in [5.74, 6) is -1.68. The standard InChI is InChI=1S/C15H13BrClF2N/c16-11-5-4-9(13(17)8-11)6-12(20)7-10-2-1-3-14(18)15(10)19/h1-5,8,12H,6-7,20H2. The molecule has 2 rings (SSSR count). The molecular formula is C15H13BrClF2N. The maximum absolute atomic E-state index is 13.6. The topological polar surface area (TPSA) is 26.0 Å². The quantitative estimate of drug-likeness (QED) is 0.854. The van der Waals surface area contributed by atoms with Crippen LogP contribution in [0.4, 0.5) is 8.78 Å². The predicted octanol–water partition coefficient (Wildman–Crippen LogP) is 4.49. The molecule has 5 heteroatoms. The molecule has 0 radical (unpaired) electrons. The van der Waals surface area contributed by atoms with Gasteiger partial charge in [-0.2, -0.15) is 0 Å². The number of benzene rings is 2. The van der Waals surface area contributed by atoms with Crippen LogP contribution < -0.4 is 5.73 Å². The Kier molecular flexibility index (Phi) is 5.13. The first-order valence-corrected chi connectivity index (χ1v) is 7.27. The Labute approximate surface area is 129 Å². The van der Waals surface area contributed by atoms with Gasteiger partial charge in [0.05, 0.1) is 0 Å². The van der Waals surface area contributed by atoms with E-state index in [-0.39, 0.29) is 18.0 Å². The Bertz CT molecular complexity index is 619. The largest absolute Gasteiger partial charge is 0.327 e. The second kappa shape index (κ2) is 6.66.